The number of aromatic nitrogens is 2. The summed E-state index contributed by atoms with van der Waals surface area (Å²) in [5.41, 5.74) is 1.04. The van der Waals surface area contributed by atoms with Crippen molar-refractivity contribution in [3.05, 3.63) is 50.9 Å². The first-order valence-electron chi connectivity index (χ1n) is 7.89. The lowest BCUT2D eigenvalue weighted by Gasteiger charge is -2.15. The smallest absolute Gasteiger partial charge is 0.258 e. The van der Waals surface area contributed by atoms with E-state index < -0.39 is 11.1 Å². The summed E-state index contributed by atoms with van der Waals surface area (Å²) in [6.45, 7) is 0. The highest BCUT2D eigenvalue weighted by Crippen LogP contribution is 2.38. The summed E-state index contributed by atoms with van der Waals surface area (Å²) in [7, 11) is 3.18. The van der Waals surface area contributed by atoms with Gasteiger partial charge in [-0.05, 0) is 56.1 Å². The van der Waals surface area contributed by atoms with Crippen molar-refractivity contribution >= 4 is 71.9 Å². The van der Waals surface area contributed by atoms with Gasteiger partial charge in [0, 0.05) is 31.8 Å². The fourth-order valence-electron chi connectivity index (χ4n) is 2.34. The maximum absolute atomic E-state index is 12.4. The average molecular weight is 529 g/mol. The van der Waals surface area contributed by atoms with Crippen molar-refractivity contribution in [1.82, 2.24) is 13.6 Å². The predicted octanol–water partition coefficient (Wildman–Crippen LogP) is 4.62. The van der Waals surface area contributed by atoms with Gasteiger partial charge in [0.05, 0.1) is 16.9 Å². The zero-order chi connectivity index (χ0) is 20.4. The maximum atomic E-state index is 12.4. The normalized spacial score (nSPS) is 11.2. The number of amides is 1. The van der Waals surface area contributed by atoms with Crippen LogP contribution in [0.4, 0.5) is 23.0 Å². The van der Waals surface area contributed by atoms with E-state index in [1.165, 1.54) is 4.90 Å². The Morgan fingerprint density at radius 1 is 1.04 bits per heavy atom. The van der Waals surface area contributed by atoms with Crippen LogP contribution in [0.25, 0.3) is 0 Å². The third kappa shape index (κ3) is 4.27. The first-order valence-corrected chi connectivity index (χ1v) is 10.5. The van der Waals surface area contributed by atoms with E-state index in [4.69, 9.17) is 0 Å². The van der Waals surface area contributed by atoms with Crippen LogP contribution in [0.2, 0.25) is 0 Å². The molecule has 0 bridgehead atoms. The lowest BCUT2D eigenvalue weighted by atomic mass is 10.1. The van der Waals surface area contributed by atoms with Crippen molar-refractivity contribution in [1.29, 1.82) is 0 Å². The Hall–Kier alpha value is -2.21. The number of carbonyl (C=O) groups is 1. The Labute approximate surface area is 181 Å². The molecule has 28 heavy (non-hydrogen) atoms. The summed E-state index contributed by atoms with van der Waals surface area (Å²) in [6, 6.07) is 10.6. The van der Waals surface area contributed by atoms with Crippen molar-refractivity contribution in [2.45, 2.75) is 0 Å². The van der Waals surface area contributed by atoms with Gasteiger partial charge in [-0.25, -0.2) is 0 Å². The molecule has 11 heteroatoms. The molecule has 0 aliphatic heterocycles. The number of rotatable bonds is 5. The molecule has 0 aliphatic carbocycles. The number of para-hydroxylation sites is 1. The number of carbonyl (C=O) groups excluding carboxylic acids is 1. The molecule has 0 spiro atoms. The van der Waals surface area contributed by atoms with Gasteiger partial charge in [0.2, 0.25) is 11.6 Å². The molecule has 8 nitrogen and oxygen atoms in total. The molecule has 2 aromatic carbocycles. The molecule has 3 N–H and O–H groups in total. The van der Waals surface area contributed by atoms with E-state index in [0.29, 0.717) is 10.2 Å². The minimum Gasteiger partial charge on any atom is -0.546 e. The lowest BCUT2D eigenvalue weighted by molar-refractivity contribution is 0.0824. The van der Waals surface area contributed by atoms with Crippen LogP contribution in [0.5, 0.6) is 5.75 Å². The molecule has 1 unspecified atom stereocenters. The molecule has 1 atom stereocenters. The van der Waals surface area contributed by atoms with Gasteiger partial charge in [0.1, 0.15) is 0 Å². The number of hydrogen-bond donors (Lipinski definition) is 3. The van der Waals surface area contributed by atoms with Crippen molar-refractivity contribution in [3.8, 4) is 5.75 Å². The van der Waals surface area contributed by atoms with E-state index in [2.05, 4.69) is 51.2 Å². The molecule has 3 rings (SSSR count). The van der Waals surface area contributed by atoms with Gasteiger partial charge in [-0.15, -0.1) is 0 Å². The molecule has 0 saturated heterocycles. The second-order valence-corrected chi connectivity index (χ2v) is 8.39. The highest BCUT2D eigenvalue weighted by molar-refractivity contribution is 9.11. The van der Waals surface area contributed by atoms with E-state index >= 15 is 0 Å². The van der Waals surface area contributed by atoms with Crippen molar-refractivity contribution in [2.75, 3.05) is 24.7 Å². The number of nitrogens with one attached hydrogen (secondary N) is 2. The Morgan fingerprint density at radius 3 is 2.25 bits per heavy atom. The summed E-state index contributed by atoms with van der Waals surface area (Å²) < 4.78 is 21.0. The van der Waals surface area contributed by atoms with Crippen LogP contribution in [-0.4, -0.2) is 43.3 Å². The van der Waals surface area contributed by atoms with Crippen LogP contribution in [0.3, 0.4) is 0 Å². The minimum atomic E-state index is -1.80. The Kier molecular flexibility index (Phi) is 6.18. The molecule has 1 aromatic heterocycles. The molecule has 1 heterocycles. The van der Waals surface area contributed by atoms with Crippen LogP contribution in [0, 0.1) is 0 Å². The Bertz CT molecular complexity index is 1040. The number of hydrogen-bond acceptors (Lipinski definition) is 7. The second kappa shape index (κ2) is 8.43. The highest BCUT2D eigenvalue weighted by Gasteiger charge is 2.23. The first-order chi connectivity index (χ1) is 13.3. The molecular formula is C17H15Br2N5O3S. The van der Waals surface area contributed by atoms with Crippen molar-refractivity contribution < 1.29 is 14.5 Å². The van der Waals surface area contributed by atoms with Gasteiger partial charge in [-0.2, -0.15) is 0 Å². The summed E-state index contributed by atoms with van der Waals surface area (Å²) in [5, 5.41) is 16.5. The van der Waals surface area contributed by atoms with Gasteiger partial charge in [-0.1, -0.05) is 12.1 Å². The summed E-state index contributed by atoms with van der Waals surface area (Å²) >= 11 is 4.90. The fraction of sp³-hybridized carbons (Fsp3) is 0.118. The second-order valence-electron chi connectivity index (χ2n) is 5.86. The standard InChI is InChI=1S/C17H15Br2N5O3S/c1-24(2)17(26)13-10(19)7-8-12(14(13)25)21-16-15(22-28(27)23-16)20-11-6-4-3-5-9(11)18/h3-8,25H,1-2H3,(H,20,22)(H,21,23). The predicted molar refractivity (Wildman–Crippen MR) is 115 cm³/mol. The Morgan fingerprint density at radius 2 is 1.64 bits per heavy atom. The number of halogens is 2. The maximum Gasteiger partial charge on any atom is 0.258 e. The molecule has 146 valence electrons. The molecule has 1 amide bonds. The van der Waals surface area contributed by atoms with E-state index in [9.17, 15) is 14.5 Å². The van der Waals surface area contributed by atoms with Crippen LogP contribution in [0.15, 0.2) is 45.3 Å². The number of aromatic hydroxyl groups is 1. The minimum absolute atomic E-state index is 0.104. The zero-order valence-corrected chi connectivity index (χ0v) is 18.7. The average Bonchev–Trinajstić information content (AvgIpc) is 2.98. The topological polar surface area (TPSA) is 113 Å². The third-order valence-corrected chi connectivity index (χ3v) is 5.72. The monoisotopic (exact) mass is 527 g/mol. The van der Waals surface area contributed by atoms with Gasteiger partial charge in [0.25, 0.3) is 5.91 Å². The quantitative estimate of drug-likeness (QED) is 0.327. The van der Waals surface area contributed by atoms with E-state index in [1.54, 1.807) is 26.2 Å². The molecular weight excluding hydrogens is 514 g/mol. The number of benzene rings is 2. The molecule has 0 aliphatic rings. The van der Waals surface area contributed by atoms with Gasteiger partial charge >= 0.3 is 0 Å². The van der Waals surface area contributed by atoms with Crippen LogP contribution >= 0.6 is 43.0 Å². The number of nitrogens with zero attached hydrogens (tertiary/aromatic N) is 3. The SMILES string of the molecule is CN(C)C(=O)c1c(Br)ccc(Nc2n[s+]([O-])nc2Nc2ccccc2Br)c1O. The first kappa shape index (κ1) is 20.5. The van der Waals surface area contributed by atoms with Crippen molar-refractivity contribution in [3.63, 3.8) is 0 Å². The summed E-state index contributed by atoms with van der Waals surface area (Å²) in [4.78, 5) is 13.7. The van der Waals surface area contributed by atoms with E-state index in [-0.39, 0.29) is 34.5 Å². The largest absolute Gasteiger partial charge is 0.546 e. The lowest BCUT2D eigenvalue weighted by Crippen LogP contribution is -2.22. The molecule has 0 radical (unpaired) electrons. The summed E-state index contributed by atoms with van der Waals surface area (Å²) in [6.07, 6.45) is 0. The molecule has 3 aromatic rings. The van der Waals surface area contributed by atoms with E-state index in [0.717, 1.165) is 4.47 Å². The number of phenols is 1. The van der Waals surface area contributed by atoms with Gasteiger partial charge in [-0.3, -0.25) is 4.79 Å². The van der Waals surface area contributed by atoms with Crippen molar-refractivity contribution in [2.24, 2.45) is 0 Å². The number of phenolic OH excluding ortho intramolecular Hbond substituents is 1. The molecule has 0 fully saturated rings. The highest BCUT2D eigenvalue weighted by atomic mass is 79.9. The fourth-order valence-corrected chi connectivity index (χ4v) is 3.83. The summed E-state index contributed by atoms with van der Waals surface area (Å²) in [5.74, 6) is -0.207. The van der Waals surface area contributed by atoms with Crippen LogP contribution in [0.1, 0.15) is 10.4 Å². The van der Waals surface area contributed by atoms with Crippen LogP contribution < -0.4 is 10.6 Å². The van der Waals surface area contributed by atoms with Gasteiger partial charge in [0.15, 0.2) is 16.9 Å². The number of anilines is 4. The third-order valence-electron chi connectivity index (χ3n) is 3.69. The zero-order valence-electron chi connectivity index (χ0n) is 14.7. The van der Waals surface area contributed by atoms with Crippen LogP contribution in [-0.2, 0) is 0 Å². The van der Waals surface area contributed by atoms with Gasteiger partial charge < -0.3 is 25.2 Å². The Balaban J connectivity index is 1.96. The molecule has 0 saturated carbocycles. The van der Waals surface area contributed by atoms with E-state index in [1.807, 2.05) is 24.3 Å².